The Labute approximate surface area is 143 Å². The summed E-state index contributed by atoms with van der Waals surface area (Å²) in [5, 5.41) is 17.5. The Morgan fingerprint density at radius 2 is 2.17 bits per heavy atom. The van der Waals surface area contributed by atoms with Crippen LogP contribution in [-0.4, -0.2) is 36.7 Å². The van der Waals surface area contributed by atoms with E-state index >= 15 is 0 Å². The van der Waals surface area contributed by atoms with Crippen LogP contribution in [0.15, 0.2) is 36.7 Å². The van der Waals surface area contributed by atoms with Crippen LogP contribution in [0.25, 0.3) is 11.3 Å². The molecule has 3 aromatic rings. The molecule has 7 nitrogen and oxygen atoms in total. The normalized spacial score (nSPS) is 10.8. The van der Waals surface area contributed by atoms with Crippen molar-refractivity contribution >= 4 is 11.6 Å². The molecule has 0 aliphatic carbocycles. The molecule has 0 fully saturated rings. The monoisotopic (exact) mass is 345 g/mol. The molecule has 0 radical (unpaired) electrons. The fraction of sp³-hybridized carbons (Fsp3) is 0.250. The van der Waals surface area contributed by atoms with Gasteiger partial charge in [-0.2, -0.15) is 0 Å². The van der Waals surface area contributed by atoms with Gasteiger partial charge in [0.15, 0.2) is 0 Å². The van der Waals surface area contributed by atoms with Crippen LogP contribution in [0.2, 0.25) is 5.02 Å². The third-order valence-corrected chi connectivity index (χ3v) is 3.48. The van der Waals surface area contributed by atoms with Crippen LogP contribution in [0.3, 0.4) is 0 Å². The fourth-order valence-corrected chi connectivity index (χ4v) is 2.40. The number of benzene rings is 1. The van der Waals surface area contributed by atoms with Crippen molar-refractivity contribution in [3.8, 4) is 17.1 Å². The van der Waals surface area contributed by atoms with E-state index in [1.54, 1.807) is 23.1 Å². The largest absolute Gasteiger partial charge is 0.476 e. The van der Waals surface area contributed by atoms with Crippen LogP contribution < -0.4 is 4.74 Å². The van der Waals surface area contributed by atoms with Crippen molar-refractivity contribution in [1.82, 2.24) is 25.0 Å². The summed E-state index contributed by atoms with van der Waals surface area (Å²) in [5.74, 6) is 0.457. The second-order valence-electron chi connectivity index (χ2n) is 5.02. The molecule has 0 atom stereocenters. The number of hydrogen-bond acceptors (Lipinski definition) is 6. The molecule has 24 heavy (non-hydrogen) atoms. The average Bonchev–Trinajstić information content (AvgIpc) is 3.04. The third-order valence-electron chi connectivity index (χ3n) is 3.24. The molecule has 0 aliphatic rings. The third kappa shape index (κ3) is 3.69. The molecule has 0 aliphatic heterocycles. The first-order chi connectivity index (χ1) is 11.7. The van der Waals surface area contributed by atoms with Crippen LogP contribution in [0.1, 0.15) is 18.3 Å². The maximum absolute atomic E-state index is 9.06. The summed E-state index contributed by atoms with van der Waals surface area (Å²) in [6.07, 6.45) is 3.30. The molecule has 0 spiro atoms. The number of nitrogens with zero attached hydrogens (tertiary/aromatic N) is 5. The predicted molar refractivity (Wildman–Crippen MR) is 88.7 cm³/mol. The molecule has 2 aromatic heterocycles. The molecule has 0 bridgehead atoms. The molecular weight excluding hydrogens is 330 g/mol. The van der Waals surface area contributed by atoms with Crippen LogP contribution >= 0.6 is 11.6 Å². The van der Waals surface area contributed by atoms with Crippen molar-refractivity contribution in [3.05, 3.63) is 53.1 Å². The number of ether oxygens (including phenoxy) is 1. The van der Waals surface area contributed by atoms with Gasteiger partial charge < -0.3 is 9.84 Å². The zero-order valence-electron chi connectivity index (χ0n) is 13.1. The molecule has 0 saturated heterocycles. The van der Waals surface area contributed by atoms with E-state index in [0.717, 1.165) is 5.56 Å². The molecule has 0 amide bonds. The van der Waals surface area contributed by atoms with Crippen molar-refractivity contribution < 1.29 is 9.84 Å². The zero-order valence-corrected chi connectivity index (χ0v) is 13.8. The Morgan fingerprint density at radius 1 is 1.29 bits per heavy atom. The lowest BCUT2D eigenvalue weighted by molar-refractivity contribution is 0.276. The molecule has 124 valence electrons. The summed E-state index contributed by atoms with van der Waals surface area (Å²) < 4.78 is 7.17. The van der Waals surface area contributed by atoms with Gasteiger partial charge in [0.05, 0.1) is 37.8 Å². The highest BCUT2D eigenvalue weighted by Crippen LogP contribution is 2.28. The van der Waals surface area contributed by atoms with Crippen LogP contribution in [0, 0.1) is 0 Å². The van der Waals surface area contributed by atoms with Gasteiger partial charge in [-0.1, -0.05) is 28.9 Å². The number of aromatic nitrogens is 5. The van der Waals surface area contributed by atoms with Gasteiger partial charge in [-0.3, -0.25) is 0 Å². The molecule has 2 heterocycles. The first-order valence-corrected chi connectivity index (χ1v) is 7.82. The molecule has 0 unspecified atom stereocenters. The molecule has 3 rings (SSSR count). The summed E-state index contributed by atoms with van der Waals surface area (Å²) in [7, 11) is 0. The van der Waals surface area contributed by atoms with Crippen molar-refractivity contribution in [1.29, 1.82) is 0 Å². The Bertz CT molecular complexity index is 837. The summed E-state index contributed by atoms with van der Waals surface area (Å²) >= 11 is 6.08. The lowest BCUT2D eigenvalue weighted by Crippen LogP contribution is -2.06. The van der Waals surface area contributed by atoms with Gasteiger partial charge >= 0.3 is 0 Å². The van der Waals surface area contributed by atoms with E-state index in [2.05, 4.69) is 20.3 Å². The van der Waals surface area contributed by atoms with Gasteiger partial charge in [-0.25, -0.2) is 14.6 Å². The Kier molecular flexibility index (Phi) is 5.02. The predicted octanol–water partition coefficient (Wildman–Crippen LogP) is 2.33. The summed E-state index contributed by atoms with van der Waals surface area (Å²) in [5.41, 5.74) is 2.65. The minimum Gasteiger partial charge on any atom is -0.476 e. The van der Waals surface area contributed by atoms with E-state index in [1.807, 2.05) is 25.1 Å². The fourth-order valence-electron chi connectivity index (χ4n) is 2.21. The van der Waals surface area contributed by atoms with Gasteiger partial charge in [-0.15, -0.1) is 5.10 Å². The van der Waals surface area contributed by atoms with Crippen LogP contribution in [-0.2, 0) is 13.2 Å². The van der Waals surface area contributed by atoms with Crippen molar-refractivity contribution in [2.75, 3.05) is 6.61 Å². The number of halogens is 1. The highest BCUT2D eigenvalue weighted by Gasteiger charge is 2.12. The van der Waals surface area contributed by atoms with E-state index in [1.165, 1.54) is 0 Å². The van der Waals surface area contributed by atoms with Gasteiger partial charge in [0.2, 0.25) is 5.88 Å². The van der Waals surface area contributed by atoms with E-state index in [-0.39, 0.29) is 6.61 Å². The number of rotatable bonds is 6. The number of aliphatic hydroxyl groups excluding tert-OH is 1. The van der Waals surface area contributed by atoms with Gasteiger partial charge in [0, 0.05) is 10.6 Å². The van der Waals surface area contributed by atoms with Crippen LogP contribution in [0.4, 0.5) is 0 Å². The quantitative estimate of drug-likeness (QED) is 0.738. The van der Waals surface area contributed by atoms with E-state index < -0.39 is 0 Å². The van der Waals surface area contributed by atoms with Gasteiger partial charge in [0.25, 0.3) is 0 Å². The molecular formula is C16H16ClN5O2. The van der Waals surface area contributed by atoms with Crippen molar-refractivity contribution in [2.24, 2.45) is 0 Å². The number of hydrogen-bond donors (Lipinski definition) is 1. The standard InChI is InChI=1S/C16H16ClN5O2/c1-2-24-16-15(11-4-3-5-12(17)6-11)19-13(7-18-16)8-22-9-14(10-23)20-21-22/h3-7,9,23H,2,8,10H2,1H3. The Balaban J connectivity index is 1.95. The van der Waals surface area contributed by atoms with Gasteiger partial charge in [-0.05, 0) is 19.1 Å². The lowest BCUT2D eigenvalue weighted by Gasteiger charge is -2.10. The number of aliphatic hydroxyl groups is 1. The molecule has 1 N–H and O–H groups in total. The Hall–Kier alpha value is -2.51. The average molecular weight is 346 g/mol. The highest BCUT2D eigenvalue weighted by atomic mass is 35.5. The second kappa shape index (κ2) is 7.37. The minimum absolute atomic E-state index is 0.150. The minimum atomic E-state index is -0.150. The van der Waals surface area contributed by atoms with Crippen molar-refractivity contribution in [2.45, 2.75) is 20.1 Å². The van der Waals surface area contributed by atoms with Crippen LogP contribution in [0.5, 0.6) is 5.88 Å². The first-order valence-electron chi connectivity index (χ1n) is 7.44. The lowest BCUT2D eigenvalue weighted by atomic mass is 10.1. The summed E-state index contributed by atoms with van der Waals surface area (Å²) in [4.78, 5) is 8.99. The summed E-state index contributed by atoms with van der Waals surface area (Å²) in [6, 6.07) is 7.37. The van der Waals surface area contributed by atoms with E-state index in [4.69, 9.17) is 21.4 Å². The van der Waals surface area contributed by atoms with E-state index in [0.29, 0.717) is 41.1 Å². The zero-order chi connectivity index (χ0) is 16.9. The highest BCUT2D eigenvalue weighted by molar-refractivity contribution is 6.30. The smallest absolute Gasteiger partial charge is 0.240 e. The topological polar surface area (TPSA) is 86.0 Å². The maximum atomic E-state index is 9.06. The first kappa shape index (κ1) is 16.4. The Morgan fingerprint density at radius 3 is 2.88 bits per heavy atom. The summed E-state index contributed by atoms with van der Waals surface area (Å²) in [6.45, 7) is 2.62. The van der Waals surface area contributed by atoms with Gasteiger partial charge in [0.1, 0.15) is 11.4 Å². The van der Waals surface area contributed by atoms with E-state index in [9.17, 15) is 0 Å². The SMILES string of the molecule is CCOc1ncc(Cn2cc(CO)nn2)nc1-c1cccc(Cl)c1. The maximum Gasteiger partial charge on any atom is 0.240 e. The molecule has 0 saturated carbocycles. The van der Waals surface area contributed by atoms with Crippen molar-refractivity contribution in [3.63, 3.8) is 0 Å². The molecule has 8 heteroatoms. The molecule has 1 aromatic carbocycles. The second-order valence-corrected chi connectivity index (χ2v) is 5.46.